The summed E-state index contributed by atoms with van der Waals surface area (Å²) in [4.78, 5) is 62.3. The highest BCUT2D eigenvalue weighted by atomic mass is 79.9. The van der Waals surface area contributed by atoms with Crippen LogP contribution < -0.4 is 0 Å². The van der Waals surface area contributed by atoms with E-state index in [4.69, 9.17) is 9.47 Å². The molecule has 0 unspecified atom stereocenters. The second-order valence-electron chi connectivity index (χ2n) is 15.6. The van der Waals surface area contributed by atoms with Crippen molar-refractivity contribution in [2.45, 2.75) is 109 Å². The minimum atomic E-state index is -1.46. The standard InChI is InChI=1S/C37H50BrN3O7/c1-22(20-42)41-31-33(45)40(36(6,7)21-35(3,4)5)18-14-10-13-17-26(43)39(8)23(2)29(24-15-11-9-12-16-24)47-34(46)27-28(32(41)44)37(31)19-25(38)30(27)48-37/h9-12,14-16,19,22-23,27-31,42H,13,17-18,20-21H2,1-8H3/b14-10-/t22-,23+,27-,28+,29-,30-,31-,37+/m1/s1. The molecule has 0 aromatic heterocycles. The Bertz CT molecular complexity index is 1490. The summed E-state index contributed by atoms with van der Waals surface area (Å²) < 4.78 is 13.5. The Balaban J connectivity index is 1.67. The number of fused-ring (bicyclic) bond motifs is 2. The van der Waals surface area contributed by atoms with Gasteiger partial charge in [-0.1, -0.05) is 79.2 Å². The first kappa shape index (κ1) is 36.3. The van der Waals surface area contributed by atoms with E-state index in [0.717, 1.165) is 0 Å². The molecule has 11 heteroatoms. The Kier molecular flexibility index (Phi) is 10.1. The zero-order valence-corrected chi connectivity index (χ0v) is 30.9. The van der Waals surface area contributed by atoms with Gasteiger partial charge >= 0.3 is 5.97 Å². The maximum atomic E-state index is 15.1. The van der Waals surface area contributed by atoms with E-state index in [1.54, 1.807) is 29.8 Å². The van der Waals surface area contributed by atoms with Gasteiger partial charge in [-0.25, -0.2) is 0 Å². The van der Waals surface area contributed by atoms with Crippen LogP contribution in [0.25, 0.3) is 0 Å². The molecule has 3 amide bonds. The van der Waals surface area contributed by atoms with E-state index in [1.165, 1.54) is 4.90 Å². The van der Waals surface area contributed by atoms with Crippen molar-refractivity contribution in [1.29, 1.82) is 0 Å². The van der Waals surface area contributed by atoms with Crippen molar-refractivity contribution in [2.24, 2.45) is 17.3 Å². The third kappa shape index (κ3) is 6.38. The number of cyclic esters (lactones) is 1. The summed E-state index contributed by atoms with van der Waals surface area (Å²) in [5.41, 5.74) is -1.53. The molecule has 8 atom stereocenters. The highest BCUT2D eigenvalue weighted by molar-refractivity contribution is 9.11. The fraction of sp³-hybridized carbons (Fsp3) is 0.622. The van der Waals surface area contributed by atoms with Crippen molar-refractivity contribution in [3.8, 4) is 0 Å². The number of likely N-dealkylation sites (N-methyl/N-ethyl adjacent to an activating group) is 1. The zero-order chi connectivity index (χ0) is 35.3. The molecule has 5 rings (SSSR count). The summed E-state index contributed by atoms with van der Waals surface area (Å²) in [7, 11) is 1.71. The third-order valence-corrected chi connectivity index (χ3v) is 11.0. The van der Waals surface area contributed by atoms with Crippen LogP contribution in [-0.2, 0) is 28.7 Å². The molecule has 2 saturated heterocycles. The van der Waals surface area contributed by atoms with Crippen LogP contribution in [0.1, 0.15) is 79.4 Å². The highest BCUT2D eigenvalue weighted by Crippen LogP contribution is 2.59. The van der Waals surface area contributed by atoms with Gasteiger partial charge < -0.3 is 29.3 Å². The van der Waals surface area contributed by atoms with Gasteiger partial charge in [-0.3, -0.25) is 19.2 Å². The van der Waals surface area contributed by atoms with E-state index in [1.807, 2.05) is 63.3 Å². The molecule has 48 heavy (non-hydrogen) atoms. The molecule has 5 bridgehead atoms. The van der Waals surface area contributed by atoms with E-state index in [2.05, 4.69) is 36.7 Å². The fourth-order valence-electron chi connectivity index (χ4n) is 8.35. The molecule has 262 valence electrons. The Morgan fingerprint density at radius 2 is 1.69 bits per heavy atom. The normalized spacial score (nSPS) is 33.1. The van der Waals surface area contributed by atoms with Crippen LogP contribution in [0.5, 0.6) is 0 Å². The second-order valence-corrected chi connectivity index (χ2v) is 16.5. The number of carbonyl (C=O) groups excluding carboxylic acids is 4. The minimum Gasteiger partial charge on any atom is -0.455 e. The number of carbonyl (C=O) groups is 4. The molecule has 2 fully saturated rings. The molecule has 4 aliphatic heterocycles. The summed E-state index contributed by atoms with van der Waals surface area (Å²) in [6.45, 7) is 13.8. The molecule has 1 aromatic carbocycles. The van der Waals surface area contributed by atoms with Crippen molar-refractivity contribution in [1.82, 2.24) is 14.7 Å². The number of amides is 3. The lowest BCUT2D eigenvalue weighted by Crippen LogP contribution is -2.62. The molecule has 4 heterocycles. The van der Waals surface area contributed by atoms with Gasteiger partial charge in [-0.15, -0.1) is 0 Å². The van der Waals surface area contributed by atoms with Gasteiger partial charge in [0.05, 0.1) is 24.6 Å². The maximum Gasteiger partial charge on any atom is 0.313 e. The number of allylic oxidation sites excluding steroid dienone is 1. The molecule has 0 radical (unpaired) electrons. The number of benzene rings is 1. The predicted molar refractivity (Wildman–Crippen MR) is 185 cm³/mol. The summed E-state index contributed by atoms with van der Waals surface area (Å²) in [5.74, 6) is -3.62. The van der Waals surface area contributed by atoms with Crippen LogP contribution in [0.15, 0.2) is 53.0 Å². The highest BCUT2D eigenvalue weighted by Gasteiger charge is 2.75. The molecule has 1 aromatic rings. The number of ether oxygens (including phenoxy) is 2. The van der Waals surface area contributed by atoms with Gasteiger partial charge in [0, 0.05) is 30.0 Å². The zero-order valence-electron chi connectivity index (χ0n) is 29.3. The molecule has 1 spiro atoms. The first-order valence-electron chi connectivity index (χ1n) is 16.9. The molecule has 4 aliphatic rings. The number of rotatable bonds is 5. The number of nitrogens with zero attached hydrogens (tertiary/aromatic N) is 3. The smallest absolute Gasteiger partial charge is 0.313 e. The van der Waals surface area contributed by atoms with Crippen LogP contribution in [0, 0.1) is 17.3 Å². The van der Waals surface area contributed by atoms with E-state index in [0.29, 0.717) is 22.9 Å². The monoisotopic (exact) mass is 727 g/mol. The Hall–Kier alpha value is -3.02. The average molecular weight is 729 g/mol. The number of halogens is 1. The van der Waals surface area contributed by atoms with Crippen LogP contribution in [-0.4, -0.2) is 99.1 Å². The lowest BCUT2D eigenvalue weighted by atomic mass is 9.74. The number of esters is 1. The largest absolute Gasteiger partial charge is 0.455 e. The molecule has 10 nitrogen and oxygen atoms in total. The second kappa shape index (κ2) is 13.4. The first-order valence-corrected chi connectivity index (χ1v) is 17.7. The van der Waals surface area contributed by atoms with Crippen LogP contribution in [0.2, 0.25) is 0 Å². The molecule has 0 saturated carbocycles. The van der Waals surface area contributed by atoms with Gasteiger partial charge in [0.2, 0.25) is 17.7 Å². The Morgan fingerprint density at radius 1 is 1.02 bits per heavy atom. The van der Waals surface area contributed by atoms with Crippen molar-refractivity contribution in [3.63, 3.8) is 0 Å². The molecule has 0 aliphatic carbocycles. The number of likely N-dealkylation sites (tertiary alicyclic amines) is 1. The van der Waals surface area contributed by atoms with Crippen molar-refractivity contribution >= 4 is 39.6 Å². The van der Waals surface area contributed by atoms with Gasteiger partial charge in [0.15, 0.2) is 0 Å². The average Bonchev–Trinajstić information content (AvgIpc) is 3.61. The minimum absolute atomic E-state index is 0.106. The quantitative estimate of drug-likeness (QED) is 0.343. The molecular weight excluding hydrogens is 678 g/mol. The number of aliphatic hydroxyl groups is 1. The molecule has 1 N–H and O–H groups in total. The van der Waals surface area contributed by atoms with Crippen LogP contribution in [0.4, 0.5) is 0 Å². The maximum absolute atomic E-state index is 15.1. The van der Waals surface area contributed by atoms with Gasteiger partial charge in [-0.05, 0) is 57.6 Å². The fourth-order valence-corrected chi connectivity index (χ4v) is 9.08. The van der Waals surface area contributed by atoms with Gasteiger partial charge in [-0.2, -0.15) is 0 Å². The number of hydrogen-bond donors (Lipinski definition) is 1. The SMILES string of the molecule is C[C@H](CO)N1C(=O)[C@@H]2[C@H]3C(=O)O[C@@H](c4ccccc4)[C@H](C)N(C)C(=O)CC/C=C\CN(C(C)(C)CC(C)(C)C)C(=O)[C@@H]1[C@]21C=C(Br)[C@H]3O1. The first-order chi connectivity index (χ1) is 22.4. The third-order valence-electron chi connectivity index (χ3n) is 10.4. The Labute approximate surface area is 292 Å². The summed E-state index contributed by atoms with van der Waals surface area (Å²) >= 11 is 3.62. The summed E-state index contributed by atoms with van der Waals surface area (Å²) in [6.07, 6.45) is 5.29. The Morgan fingerprint density at radius 3 is 2.31 bits per heavy atom. The number of aliphatic hydroxyl groups excluding tert-OH is 1. The van der Waals surface area contributed by atoms with E-state index >= 15 is 4.79 Å². The van der Waals surface area contributed by atoms with Crippen LogP contribution >= 0.6 is 15.9 Å². The number of hydrogen-bond acceptors (Lipinski definition) is 7. The predicted octanol–water partition coefficient (Wildman–Crippen LogP) is 4.77. The van der Waals surface area contributed by atoms with Gasteiger partial charge in [0.1, 0.15) is 29.8 Å². The molecular formula is C37H50BrN3O7. The topological polar surface area (TPSA) is 117 Å². The lowest BCUT2D eigenvalue weighted by Gasteiger charge is -2.46. The lowest BCUT2D eigenvalue weighted by molar-refractivity contribution is -0.164. The van der Waals surface area contributed by atoms with Crippen molar-refractivity contribution < 1.29 is 33.8 Å². The van der Waals surface area contributed by atoms with E-state index in [9.17, 15) is 19.5 Å². The van der Waals surface area contributed by atoms with Crippen molar-refractivity contribution in [3.05, 3.63) is 58.6 Å². The van der Waals surface area contributed by atoms with Crippen molar-refractivity contribution in [2.75, 3.05) is 20.2 Å². The van der Waals surface area contributed by atoms with Crippen LogP contribution in [0.3, 0.4) is 0 Å². The van der Waals surface area contributed by atoms with E-state index in [-0.39, 0.29) is 36.8 Å². The van der Waals surface area contributed by atoms with Gasteiger partial charge in [0.25, 0.3) is 0 Å². The summed E-state index contributed by atoms with van der Waals surface area (Å²) in [5, 5.41) is 10.4. The summed E-state index contributed by atoms with van der Waals surface area (Å²) in [6, 6.07) is 6.87. The van der Waals surface area contributed by atoms with E-state index < -0.39 is 65.2 Å².